The monoisotopic (exact) mass is 521 g/mol. The molecule has 1 saturated heterocycles. The van der Waals surface area contributed by atoms with Gasteiger partial charge >= 0.3 is 0 Å². The molecule has 37 heavy (non-hydrogen) atoms. The van der Waals surface area contributed by atoms with Gasteiger partial charge in [0.25, 0.3) is 10.0 Å². The lowest BCUT2D eigenvalue weighted by Gasteiger charge is -2.24. The first-order valence-electron chi connectivity index (χ1n) is 12.1. The zero-order valence-electron chi connectivity index (χ0n) is 21.0. The van der Waals surface area contributed by atoms with Crippen LogP contribution in [0.2, 0.25) is 0 Å². The van der Waals surface area contributed by atoms with Crippen molar-refractivity contribution in [1.29, 1.82) is 0 Å². The number of hydrogen-bond acceptors (Lipinski definition) is 5. The average Bonchev–Trinajstić information content (AvgIpc) is 3.30. The molecule has 4 rings (SSSR count). The van der Waals surface area contributed by atoms with Crippen LogP contribution in [0.25, 0.3) is 0 Å². The highest BCUT2D eigenvalue weighted by Gasteiger charge is 2.28. The van der Waals surface area contributed by atoms with Crippen molar-refractivity contribution in [3.05, 3.63) is 89.5 Å². The van der Waals surface area contributed by atoms with Crippen LogP contribution in [-0.2, 0) is 32.7 Å². The minimum Gasteiger partial charge on any atom is -0.496 e. The Bertz CT molecular complexity index is 1380. The summed E-state index contributed by atoms with van der Waals surface area (Å²) < 4.78 is 33.6. The summed E-state index contributed by atoms with van der Waals surface area (Å²) in [5.41, 5.74) is 2.93. The minimum atomic E-state index is -4.03. The normalized spacial score (nSPS) is 13.5. The molecule has 0 saturated carbocycles. The van der Waals surface area contributed by atoms with E-state index < -0.39 is 15.9 Å². The summed E-state index contributed by atoms with van der Waals surface area (Å²) in [6, 6.07) is 20.9. The number of methoxy groups -OCH3 is 1. The molecule has 1 aliphatic heterocycles. The number of aryl methyl sites for hydroxylation is 1. The second-order valence-electron chi connectivity index (χ2n) is 8.99. The first-order chi connectivity index (χ1) is 17.8. The van der Waals surface area contributed by atoms with Crippen molar-refractivity contribution in [1.82, 2.24) is 10.2 Å². The van der Waals surface area contributed by atoms with Gasteiger partial charge in [-0.25, -0.2) is 8.42 Å². The molecule has 0 bridgehead atoms. The van der Waals surface area contributed by atoms with Crippen LogP contribution in [0, 0.1) is 6.92 Å². The van der Waals surface area contributed by atoms with Crippen molar-refractivity contribution in [2.24, 2.45) is 0 Å². The van der Waals surface area contributed by atoms with E-state index in [1.54, 1.807) is 49.4 Å². The number of hydrogen-bond donors (Lipinski definition) is 1. The third-order valence-corrected chi connectivity index (χ3v) is 8.08. The number of amides is 2. The molecule has 0 unspecified atom stereocenters. The number of carbonyl (C=O) groups excluding carboxylic acids is 2. The molecule has 8 nitrogen and oxygen atoms in total. The predicted octanol–water partition coefficient (Wildman–Crippen LogP) is 3.64. The van der Waals surface area contributed by atoms with Gasteiger partial charge in [0.05, 0.1) is 17.7 Å². The Morgan fingerprint density at radius 1 is 1.03 bits per heavy atom. The third kappa shape index (κ3) is 6.29. The second kappa shape index (κ2) is 11.5. The van der Waals surface area contributed by atoms with Gasteiger partial charge in [-0.2, -0.15) is 0 Å². The molecule has 1 aliphatic rings. The van der Waals surface area contributed by atoms with Crippen molar-refractivity contribution < 1.29 is 22.7 Å². The fourth-order valence-corrected chi connectivity index (χ4v) is 5.87. The summed E-state index contributed by atoms with van der Waals surface area (Å²) in [6.45, 7) is 2.94. The maximum Gasteiger partial charge on any atom is 0.264 e. The lowest BCUT2D eigenvalue weighted by atomic mass is 10.1. The fraction of sp³-hybridized carbons (Fsp3) is 0.286. The summed E-state index contributed by atoms with van der Waals surface area (Å²) in [6.07, 6.45) is 1.47. The smallest absolute Gasteiger partial charge is 0.264 e. The number of likely N-dealkylation sites (tertiary alicyclic amines) is 1. The maximum absolute atomic E-state index is 13.6. The highest BCUT2D eigenvalue weighted by atomic mass is 32.2. The van der Waals surface area contributed by atoms with E-state index in [9.17, 15) is 18.0 Å². The Balaban J connectivity index is 1.48. The van der Waals surface area contributed by atoms with E-state index in [0.717, 1.165) is 28.4 Å². The lowest BCUT2D eigenvalue weighted by Crippen LogP contribution is -2.40. The van der Waals surface area contributed by atoms with Crippen LogP contribution in [0.3, 0.4) is 0 Å². The summed E-state index contributed by atoms with van der Waals surface area (Å²) in [4.78, 5) is 26.8. The van der Waals surface area contributed by atoms with Gasteiger partial charge in [0.15, 0.2) is 0 Å². The molecule has 2 amide bonds. The number of carbonyl (C=O) groups is 2. The van der Waals surface area contributed by atoms with E-state index in [1.165, 1.54) is 13.2 Å². The Hall–Kier alpha value is -3.85. The summed E-state index contributed by atoms with van der Waals surface area (Å²) in [5, 5.41) is 2.84. The predicted molar refractivity (Wildman–Crippen MR) is 142 cm³/mol. The van der Waals surface area contributed by atoms with E-state index in [0.29, 0.717) is 30.0 Å². The van der Waals surface area contributed by atoms with E-state index >= 15 is 0 Å². The molecular formula is C28H31N3O5S. The molecule has 1 N–H and O–H groups in total. The van der Waals surface area contributed by atoms with Crippen LogP contribution in [-0.4, -0.2) is 45.3 Å². The molecule has 1 fully saturated rings. The van der Waals surface area contributed by atoms with Crippen LogP contribution in [0.15, 0.2) is 77.7 Å². The molecule has 3 aromatic carbocycles. The van der Waals surface area contributed by atoms with Gasteiger partial charge in [-0.15, -0.1) is 0 Å². The first kappa shape index (κ1) is 26.2. The van der Waals surface area contributed by atoms with Gasteiger partial charge in [-0.05, 0) is 60.4 Å². The molecule has 3 aromatic rings. The highest BCUT2D eigenvalue weighted by Crippen LogP contribution is 2.27. The molecule has 194 valence electrons. The van der Waals surface area contributed by atoms with Gasteiger partial charge in [0, 0.05) is 26.1 Å². The van der Waals surface area contributed by atoms with E-state index in [-0.39, 0.29) is 23.9 Å². The number of rotatable bonds is 10. The number of anilines is 1. The van der Waals surface area contributed by atoms with Crippen molar-refractivity contribution in [3.63, 3.8) is 0 Å². The number of sulfonamides is 1. The van der Waals surface area contributed by atoms with Crippen molar-refractivity contribution in [2.75, 3.05) is 24.5 Å². The van der Waals surface area contributed by atoms with Crippen molar-refractivity contribution >= 4 is 27.5 Å². The van der Waals surface area contributed by atoms with Crippen LogP contribution >= 0.6 is 0 Å². The largest absolute Gasteiger partial charge is 0.496 e. The zero-order valence-corrected chi connectivity index (χ0v) is 21.8. The van der Waals surface area contributed by atoms with Gasteiger partial charge < -0.3 is 15.0 Å². The second-order valence-corrected chi connectivity index (χ2v) is 10.9. The number of nitrogens with one attached hydrogen (secondary N) is 1. The van der Waals surface area contributed by atoms with Gasteiger partial charge in [0.2, 0.25) is 11.8 Å². The Morgan fingerprint density at radius 2 is 1.78 bits per heavy atom. The Kier molecular flexibility index (Phi) is 8.13. The third-order valence-electron chi connectivity index (χ3n) is 6.31. The summed E-state index contributed by atoms with van der Waals surface area (Å²) >= 11 is 0. The molecule has 1 heterocycles. The Labute approximate surface area is 217 Å². The number of para-hydroxylation sites is 1. The summed E-state index contributed by atoms with van der Waals surface area (Å²) in [5.74, 6) is 0.310. The fourth-order valence-electron chi connectivity index (χ4n) is 4.36. The molecule has 0 aromatic heterocycles. The molecule has 9 heteroatoms. The zero-order chi connectivity index (χ0) is 26.4. The van der Waals surface area contributed by atoms with Crippen LogP contribution in [0.1, 0.15) is 29.5 Å². The van der Waals surface area contributed by atoms with Gasteiger partial charge in [-0.3, -0.25) is 13.9 Å². The molecule has 0 atom stereocenters. The number of benzene rings is 3. The minimum absolute atomic E-state index is 0.0756. The molecule has 0 spiro atoms. The number of nitrogens with zero attached hydrogens (tertiary/aromatic N) is 2. The average molecular weight is 522 g/mol. The maximum atomic E-state index is 13.6. The molecule has 0 aliphatic carbocycles. The van der Waals surface area contributed by atoms with Gasteiger partial charge in [-0.1, -0.05) is 42.5 Å². The number of ether oxygens (including phenoxy) is 1. The molecule has 0 radical (unpaired) electrons. The van der Waals surface area contributed by atoms with Crippen LogP contribution in [0.5, 0.6) is 5.75 Å². The van der Waals surface area contributed by atoms with E-state index in [1.807, 2.05) is 29.2 Å². The highest BCUT2D eigenvalue weighted by molar-refractivity contribution is 7.92. The lowest BCUT2D eigenvalue weighted by molar-refractivity contribution is -0.128. The SMILES string of the molecule is COc1ccc(S(=O)(=O)N(CC(=O)NCc2cccc(CN3CCCC3=O)c2)c2ccccc2)cc1C. The summed E-state index contributed by atoms with van der Waals surface area (Å²) in [7, 11) is -2.50. The van der Waals surface area contributed by atoms with E-state index in [2.05, 4.69) is 5.32 Å². The van der Waals surface area contributed by atoms with E-state index in [4.69, 9.17) is 4.74 Å². The topological polar surface area (TPSA) is 96.0 Å². The van der Waals surface area contributed by atoms with Crippen molar-refractivity contribution in [3.8, 4) is 5.75 Å². The van der Waals surface area contributed by atoms with Crippen LogP contribution in [0.4, 0.5) is 5.69 Å². The van der Waals surface area contributed by atoms with Crippen LogP contribution < -0.4 is 14.4 Å². The molecular weight excluding hydrogens is 490 g/mol. The van der Waals surface area contributed by atoms with Gasteiger partial charge in [0.1, 0.15) is 12.3 Å². The van der Waals surface area contributed by atoms with Crippen molar-refractivity contribution in [2.45, 2.75) is 37.8 Å². The standard InChI is InChI=1S/C28H31N3O5S/c1-21-16-25(13-14-26(21)36-2)37(34,35)31(24-10-4-3-5-11-24)20-27(32)29-18-22-8-6-9-23(17-22)19-30-15-7-12-28(30)33/h3-6,8-11,13-14,16-17H,7,12,15,18-20H2,1-2H3,(H,29,32). The quantitative estimate of drug-likeness (QED) is 0.440. The first-order valence-corrected chi connectivity index (χ1v) is 13.6. The Morgan fingerprint density at radius 3 is 2.46 bits per heavy atom.